The van der Waals surface area contributed by atoms with E-state index >= 15 is 0 Å². The van der Waals surface area contributed by atoms with Crippen molar-refractivity contribution >= 4 is 105 Å². The van der Waals surface area contributed by atoms with Crippen LogP contribution in [0.15, 0.2) is 146 Å². The molecule has 9 amide bonds. The van der Waals surface area contributed by atoms with Gasteiger partial charge < -0.3 is 104 Å². The van der Waals surface area contributed by atoms with E-state index in [0.717, 1.165) is 87.3 Å². The molecule has 6 aromatic carbocycles. The van der Waals surface area contributed by atoms with Crippen molar-refractivity contribution in [2.45, 2.75) is 168 Å². The largest absolute Gasteiger partial charge is 1.00 e. The number of carbonyl (C=O) groups excluding carboxylic acids is 9. The normalized spacial score (nSPS) is 14.0. The average molecular weight is 1680 g/mol. The van der Waals surface area contributed by atoms with Crippen LogP contribution in [0, 0.1) is 0 Å². The van der Waals surface area contributed by atoms with Crippen molar-refractivity contribution in [2.24, 2.45) is 0 Å². The summed E-state index contributed by atoms with van der Waals surface area (Å²) in [5.41, 5.74) is 9.59. The number of amides is 9. The number of carbonyl (C=O) groups is 9. The van der Waals surface area contributed by atoms with Crippen LogP contribution in [0.4, 0.5) is 45.8 Å². The van der Waals surface area contributed by atoms with Crippen molar-refractivity contribution in [3.8, 4) is 0 Å². The number of fused-ring (bicyclic) bond motifs is 3. The van der Waals surface area contributed by atoms with Crippen molar-refractivity contribution < 1.29 is 95.9 Å². The zero-order chi connectivity index (χ0) is 79.0. The molecule has 3 atom stereocenters. The van der Waals surface area contributed by atoms with E-state index in [1.165, 1.54) is 4.90 Å². The number of nitrogens with one attached hydrogen (secondary N) is 6. The smallest absolute Gasteiger partial charge is 0.410 e. The Hall–Kier alpha value is -8.87. The monoisotopic (exact) mass is 1680 g/mol. The minimum atomic E-state index is -1.18. The van der Waals surface area contributed by atoms with Gasteiger partial charge in [-0.2, -0.15) is 11.8 Å². The summed E-state index contributed by atoms with van der Waals surface area (Å²) in [6.07, 6.45) is 12.7. The molecule has 0 saturated heterocycles. The molecule has 0 aliphatic carbocycles. The summed E-state index contributed by atoms with van der Waals surface area (Å²) in [5.74, 6) is 1.42. The predicted molar refractivity (Wildman–Crippen MR) is 430 cm³/mol. The number of anilines is 3. The third kappa shape index (κ3) is 32.6. The molecule has 6 N–H and O–H groups in total. The molecule has 9 rings (SSSR count). The molecule has 3 heterocycles. The third-order valence-electron chi connectivity index (χ3n) is 17.4. The lowest BCUT2D eigenvalue weighted by atomic mass is 10.0. The number of carboxylic acid groups (broad SMARTS) is 1. The Balaban J connectivity index is 0.000000257. The first-order valence-electron chi connectivity index (χ1n) is 36.6. The minimum absolute atomic E-state index is 0. The summed E-state index contributed by atoms with van der Waals surface area (Å²) in [7, 11) is 0.240. The third-order valence-corrected chi connectivity index (χ3v) is 20.1. The summed E-state index contributed by atoms with van der Waals surface area (Å²) < 4.78 is 27.0. The second-order valence-corrected chi connectivity index (χ2v) is 35.0. The lowest BCUT2D eigenvalue weighted by molar-refractivity contribution is -0.266. The number of alkyl carbamates (subject to hydrolysis) is 3. The van der Waals surface area contributed by atoms with Crippen LogP contribution in [-0.4, -0.2) is 166 Å². The highest BCUT2D eigenvalue weighted by molar-refractivity contribution is 7.98. The van der Waals surface area contributed by atoms with E-state index in [4.69, 9.17) is 23.7 Å². The molecule has 0 saturated carbocycles. The van der Waals surface area contributed by atoms with Crippen LogP contribution in [0.5, 0.6) is 0 Å². The van der Waals surface area contributed by atoms with E-state index in [2.05, 4.69) is 56.9 Å². The van der Waals surface area contributed by atoms with Crippen molar-refractivity contribution in [1.29, 1.82) is 0 Å². The molecule has 0 aromatic heterocycles. The molecular formula is C82H108IN9O15S3. The standard InChI is InChI=1S/2C29H39N3O5S.C24H29N3O5S.HI/c2*1-29(2,3)37-28(35)32-16-9-12-22-18-24(14-13-23(22)19-32)30-26(33)25(15-17-38(4)5)31-27(34)36-20-21-10-7-6-8-11-21;1-33-13-11-21(26-23(29)32-16-17-6-3-2-4-7-17)22(28)25-20-10-9-19-15-27(24(30)31)12-5-8-18(19)14-20;/h2*6-8,10-11,13-14,18,25H,9,12,15-17,19-20H2,1-5H3,(H-,30,31,33,34);2-4,6-7,9-10,14,21H,5,8,11-13,15-16H2,1H3,(H,25,28)(H,26,29)(H,30,31);1H/t2*25-;21-;/m000./s1. The number of rotatable bonds is 24. The molecule has 0 radical (unpaired) electrons. The van der Waals surface area contributed by atoms with E-state index in [0.29, 0.717) is 87.6 Å². The van der Waals surface area contributed by atoms with Gasteiger partial charge in [0.1, 0.15) is 66.7 Å². The van der Waals surface area contributed by atoms with Gasteiger partial charge in [0.05, 0.1) is 25.0 Å². The highest BCUT2D eigenvalue weighted by atomic mass is 127. The molecule has 0 unspecified atom stereocenters. The summed E-state index contributed by atoms with van der Waals surface area (Å²) >= 11 is 1.58. The van der Waals surface area contributed by atoms with Crippen LogP contribution in [0.1, 0.15) is 130 Å². The quantitative estimate of drug-likeness (QED) is 0.0187. The van der Waals surface area contributed by atoms with Crippen LogP contribution in [0.25, 0.3) is 0 Å². The number of ether oxygens (including phenoxy) is 5. The first-order chi connectivity index (χ1) is 52.0. The predicted octanol–water partition coefficient (Wildman–Crippen LogP) is 9.51. The molecular weight excluding hydrogens is 1570 g/mol. The maximum absolute atomic E-state index is 13.2. The summed E-state index contributed by atoms with van der Waals surface area (Å²) in [6, 6.07) is 42.9. The number of halogens is 1. The summed E-state index contributed by atoms with van der Waals surface area (Å²) in [4.78, 5) is 118. The Bertz CT molecular complexity index is 3810. The molecule has 596 valence electrons. The number of hydrogen-bond acceptors (Lipinski definition) is 16. The minimum Gasteiger partial charge on any atom is -1.00 e. The first-order valence-corrected chi connectivity index (χ1v) is 42.5. The number of benzene rings is 6. The van der Waals surface area contributed by atoms with E-state index in [-0.39, 0.29) is 102 Å². The van der Waals surface area contributed by atoms with E-state index in [9.17, 15) is 48.3 Å². The molecule has 0 fully saturated rings. The first kappa shape index (κ1) is 90.0. The summed E-state index contributed by atoms with van der Waals surface area (Å²) in [5, 5.41) is 28.2. The summed E-state index contributed by atoms with van der Waals surface area (Å²) in [6.45, 7) is 14.4. The lowest BCUT2D eigenvalue weighted by Crippen LogP contribution is -3.00. The molecule has 24 nitrogen and oxygen atoms in total. The van der Waals surface area contributed by atoms with Gasteiger partial charge in [-0.15, -0.1) is 0 Å². The Morgan fingerprint density at radius 2 is 0.736 bits per heavy atom. The van der Waals surface area contributed by atoms with Crippen molar-refractivity contribution in [3.63, 3.8) is 0 Å². The Labute approximate surface area is 674 Å². The molecule has 3 aliphatic rings. The van der Waals surface area contributed by atoms with Gasteiger partial charge >= 0.3 is 30.5 Å². The van der Waals surface area contributed by atoms with Gasteiger partial charge in [-0.3, -0.25) is 14.4 Å². The Morgan fingerprint density at radius 3 is 1.03 bits per heavy atom. The molecule has 110 heavy (non-hydrogen) atoms. The van der Waals surface area contributed by atoms with Crippen molar-refractivity contribution in [2.75, 3.05) is 84.1 Å². The van der Waals surface area contributed by atoms with E-state index in [1.54, 1.807) is 27.6 Å². The van der Waals surface area contributed by atoms with Crippen LogP contribution in [-0.2, 0) is 119 Å². The van der Waals surface area contributed by atoms with Gasteiger partial charge in [-0.05, 0) is 207 Å². The molecule has 28 heteroatoms. The lowest BCUT2D eigenvalue weighted by Gasteiger charge is -2.26. The second kappa shape index (κ2) is 45.5. The Morgan fingerprint density at radius 1 is 0.436 bits per heavy atom. The molecule has 6 aromatic rings. The maximum Gasteiger partial charge on any atom is 0.410 e. The highest BCUT2D eigenvalue weighted by Crippen LogP contribution is 2.28. The fourth-order valence-corrected chi connectivity index (χ4v) is 13.7. The number of aryl methyl sites for hydroxylation is 3. The number of hydrogen-bond donors (Lipinski definition) is 6. The molecule has 3 aliphatic heterocycles. The average Bonchev–Trinajstić information content (AvgIpc) is 1.62. The van der Waals surface area contributed by atoms with Gasteiger partial charge in [0.15, 0.2) is 0 Å². The fourth-order valence-electron chi connectivity index (χ4n) is 11.8. The Kier molecular flexibility index (Phi) is 37.2. The fraction of sp³-hybridized carbons (Fsp3) is 0.451. The van der Waals surface area contributed by atoms with Gasteiger partial charge in [0.25, 0.3) is 0 Å². The van der Waals surface area contributed by atoms with Crippen LogP contribution >= 0.6 is 11.8 Å². The molecule has 0 spiro atoms. The van der Waals surface area contributed by atoms with Crippen LogP contribution < -0.4 is 61.0 Å². The highest BCUT2D eigenvalue weighted by Gasteiger charge is 2.31. The number of thioether (sulfide) groups is 1. The van der Waals surface area contributed by atoms with Gasteiger partial charge in [-0.25, -0.2) is 24.0 Å². The van der Waals surface area contributed by atoms with Gasteiger partial charge in [-0.1, -0.05) is 109 Å². The second-order valence-electron chi connectivity index (χ2n) is 29.2. The van der Waals surface area contributed by atoms with Gasteiger partial charge in [0, 0.05) is 69.2 Å². The zero-order valence-electron chi connectivity index (χ0n) is 65.0. The molecule has 0 bridgehead atoms. The van der Waals surface area contributed by atoms with Crippen LogP contribution in [0.3, 0.4) is 0 Å². The van der Waals surface area contributed by atoms with Gasteiger partial charge in [0.2, 0.25) is 17.7 Å². The van der Waals surface area contributed by atoms with E-state index < -0.39 is 53.7 Å². The van der Waals surface area contributed by atoms with Crippen molar-refractivity contribution in [1.82, 2.24) is 30.7 Å². The van der Waals surface area contributed by atoms with Crippen molar-refractivity contribution in [3.05, 3.63) is 196 Å². The van der Waals surface area contributed by atoms with E-state index in [1.807, 2.05) is 187 Å². The topological polar surface area (TPSA) is 305 Å². The SMILES string of the molecule is CSCC[C@H](NC(=O)OCc1ccccc1)C(=O)Nc1ccc2c(c1)CCCN(C(=O)[O-])C2.C[S+](C)CC[C@H](NC(=O)OCc1ccccc1)C(=O)Nc1ccc2c(c1)CCCN(C(=O)OC(C)(C)C)C2.C[S+](C)CC[C@H](NC(=O)OCc1ccccc1)C(=O)Nc1ccc2c(c1)CCCN(C(=O)OC(C)(C)C)C2.[I-]. The van der Waals surface area contributed by atoms with Crippen LogP contribution in [0.2, 0.25) is 0 Å². The maximum atomic E-state index is 13.2. The zero-order valence-corrected chi connectivity index (χ0v) is 69.6. The number of nitrogens with zero attached hydrogens (tertiary/aromatic N) is 3.